The molecule has 9 heteroatoms. The van der Waals surface area contributed by atoms with Gasteiger partial charge in [0.25, 0.3) is 5.91 Å². The van der Waals surface area contributed by atoms with Crippen LogP contribution in [0.5, 0.6) is 17.2 Å². The summed E-state index contributed by atoms with van der Waals surface area (Å²) in [6, 6.07) is 6.00. The van der Waals surface area contributed by atoms with Gasteiger partial charge in [0.2, 0.25) is 11.7 Å². The molecule has 0 heterocycles. The number of benzene rings is 2. The number of amides is 2. The molecule has 2 aromatic carbocycles. The average molecular weight is 380 g/mol. The van der Waals surface area contributed by atoms with Crippen molar-refractivity contribution >= 4 is 17.5 Å². The van der Waals surface area contributed by atoms with Gasteiger partial charge < -0.3 is 24.8 Å². The Labute approximate surface area is 154 Å². The van der Waals surface area contributed by atoms with Crippen LogP contribution in [-0.2, 0) is 4.79 Å². The molecule has 144 valence electrons. The molecule has 0 aromatic heterocycles. The largest absolute Gasteiger partial charge is 0.493 e. The summed E-state index contributed by atoms with van der Waals surface area (Å²) < 4.78 is 42.5. The monoisotopic (exact) mass is 380 g/mol. The lowest BCUT2D eigenvalue weighted by atomic mass is 10.1. The van der Waals surface area contributed by atoms with Crippen molar-refractivity contribution in [3.05, 3.63) is 47.5 Å². The summed E-state index contributed by atoms with van der Waals surface area (Å²) >= 11 is 0. The number of halogens is 2. The lowest BCUT2D eigenvalue weighted by molar-refractivity contribution is -0.115. The third-order valence-corrected chi connectivity index (χ3v) is 3.56. The first kappa shape index (κ1) is 20.0. The van der Waals surface area contributed by atoms with Crippen molar-refractivity contribution in [3.8, 4) is 17.2 Å². The van der Waals surface area contributed by atoms with E-state index in [9.17, 15) is 18.4 Å². The van der Waals surface area contributed by atoms with E-state index >= 15 is 0 Å². The van der Waals surface area contributed by atoms with Crippen LogP contribution in [0.15, 0.2) is 30.3 Å². The van der Waals surface area contributed by atoms with Gasteiger partial charge in [0.1, 0.15) is 17.3 Å². The third-order valence-electron chi connectivity index (χ3n) is 3.56. The van der Waals surface area contributed by atoms with Gasteiger partial charge in [-0.1, -0.05) is 6.07 Å². The van der Waals surface area contributed by atoms with Gasteiger partial charge in [0.05, 0.1) is 27.9 Å². The molecular weight excluding hydrogens is 362 g/mol. The number of nitrogens with one attached hydrogen (secondary N) is 2. The van der Waals surface area contributed by atoms with Crippen molar-refractivity contribution in [3.63, 3.8) is 0 Å². The Bertz CT molecular complexity index is 812. The van der Waals surface area contributed by atoms with Gasteiger partial charge in [-0.15, -0.1) is 0 Å². The fourth-order valence-corrected chi connectivity index (χ4v) is 2.28. The number of ether oxygens (including phenoxy) is 3. The number of rotatable bonds is 7. The predicted octanol–water partition coefficient (Wildman–Crippen LogP) is 2.36. The molecule has 2 amide bonds. The second-order valence-electron chi connectivity index (χ2n) is 5.24. The van der Waals surface area contributed by atoms with Crippen molar-refractivity contribution in [2.75, 3.05) is 33.2 Å². The Hall–Kier alpha value is -3.36. The molecule has 0 fully saturated rings. The molecule has 2 N–H and O–H groups in total. The van der Waals surface area contributed by atoms with Crippen LogP contribution in [0.1, 0.15) is 10.4 Å². The van der Waals surface area contributed by atoms with Crippen LogP contribution in [0.4, 0.5) is 14.5 Å². The Morgan fingerprint density at radius 3 is 2.00 bits per heavy atom. The van der Waals surface area contributed by atoms with Crippen molar-refractivity contribution < 1.29 is 32.6 Å². The molecule has 0 aliphatic carbocycles. The first-order valence-corrected chi connectivity index (χ1v) is 7.73. The molecule has 0 radical (unpaired) electrons. The summed E-state index contributed by atoms with van der Waals surface area (Å²) in [5.41, 5.74) is -0.432. The maximum atomic E-state index is 13.5. The van der Waals surface area contributed by atoms with E-state index in [2.05, 4.69) is 10.6 Å². The minimum Gasteiger partial charge on any atom is -0.493 e. The molecule has 27 heavy (non-hydrogen) atoms. The second kappa shape index (κ2) is 8.84. The molecule has 0 bridgehead atoms. The number of para-hydroxylation sites is 1. The van der Waals surface area contributed by atoms with Gasteiger partial charge in [-0.3, -0.25) is 9.59 Å². The second-order valence-corrected chi connectivity index (χ2v) is 5.24. The first-order valence-electron chi connectivity index (χ1n) is 7.73. The predicted molar refractivity (Wildman–Crippen MR) is 93.4 cm³/mol. The summed E-state index contributed by atoms with van der Waals surface area (Å²) in [7, 11) is 4.22. The molecule has 0 saturated heterocycles. The molecule has 0 aliphatic rings. The molecule has 0 atom stereocenters. The van der Waals surface area contributed by atoms with E-state index in [0.717, 1.165) is 12.1 Å². The minimum absolute atomic E-state index is 0.148. The number of carbonyl (C=O) groups is 2. The molecule has 2 rings (SSSR count). The summed E-state index contributed by atoms with van der Waals surface area (Å²) in [6.07, 6.45) is 0. The van der Waals surface area contributed by atoms with Gasteiger partial charge in [-0.2, -0.15) is 0 Å². The number of anilines is 1. The van der Waals surface area contributed by atoms with E-state index in [4.69, 9.17) is 14.2 Å². The maximum absolute atomic E-state index is 13.5. The van der Waals surface area contributed by atoms with Crippen molar-refractivity contribution in [1.82, 2.24) is 5.32 Å². The summed E-state index contributed by atoms with van der Waals surface area (Å²) in [6.45, 7) is -0.497. The van der Waals surface area contributed by atoms with Gasteiger partial charge >= 0.3 is 0 Å². The van der Waals surface area contributed by atoms with Crippen molar-refractivity contribution in [2.45, 2.75) is 0 Å². The Morgan fingerprint density at radius 1 is 0.963 bits per heavy atom. The summed E-state index contributed by atoms with van der Waals surface area (Å²) in [4.78, 5) is 24.2. The molecule has 0 spiro atoms. The molecular formula is C18H18F2N2O5. The fourth-order valence-electron chi connectivity index (χ4n) is 2.28. The minimum atomic E-state index is -0.917. The van der Waals surface area contributed by atoms with E-state index in [1.807, 2.05) is 0 Å². The number of carbonyl (C=O) groups excluding carboxylic acids is 2. The topological polar surface area (TPSA) is 85.9 Å². The third kappa shape index (κ3) is 4.63. The van der Waals surface area contributed by atoms with Gasteiger partial charge in [0, 0.05) is 5.56 Å². The van der Waals surface area contributed by atoms with E-state index in [-0.39, 0.29) is 17.1 Å². The maximum Gasteiger partial charge on any atom is 0.251 e. The number of methoxy groups -OCH3 is 3. The first-order chi connectivity index (χ1) is 12.9. The van der Waals surface area contributed by atoms with Gasteiger partial charge in [-0.05, 0) is 24.3 Å². The Morgan fingerprint density at radius 2 is 1.52 bits per heavy atom. The lowest BCUT2D eigenvalue weighted by Crippen LogP contribution is -2.33. The molecule has 0 aliphatic heterocycles. The quantitative estimate of drug-likeness (QED) is 0.770. The highest BCUT2D eigenvalue weighted by Crippen LogP contribution is 2.38. The van der Waals surface area contributed by atoms with Crippen LogP contribution in [0.2, 0.25) is 0 Å². The number of hydrogen-bond donors (Lipinski definition) is 2. The van der Waals surface area contributed by atoms with Crippen LogP contribution in [0.3, 0.4) is 0 Å². The smallest absolute Gasteiger partial charge is 0.251 e. The van der Waals surface area contributed by atoms with Crippen LogP contribution in [-0.4, -0.2) is 39.7 Å². The average Bonchev–Trinajstić information content (AvgIpc) is 2.67. The lowest BCUT2D eigenvalue weighted by Gasteiger charge is -2.14. The highest BCUT2D eigenvalue weighted by molar-refractivity contribution is 6.00. The van der Waals surface area contributed by atoms with Crippen molar-refractivity contribution in [1.29, 1.82) is 0 Å². The zero-order valence-corrected chi connectivity index (χ0v) is 14.9. The normalized spacial score (nSPS) is 10.1. The van der Waals surface area contributed by atoms with E-state index in [1.165, 1.54) is 39.5 Å². The molecule has 2 aromatic rings. The van der Waals surface area contributed by atoms with Gasteiger partial charge in [-0.25, -0.2) is 8.78 Å². The Balaban J connectivity index is 2.08. The van der Waals surface area contributed by atoms with E-state index < -0.39 is 35.7 Å². The SMILES string of the molecule is COc1cc(C(=O)NCC(=O)Nc2c(F)cccc2F)cc(OC)c1OC. The zero-order chi connectivity index (χ0) is 20.0. The van der Waals surface area contributed by atoms with Crippen LogP contribution < -0.4 is 24.8 Å². The summed E-state index contributed by atoms with van der Waals surface area (Å²) in [5, 5.41) is 4.43. The van der Waals surface area contributed by atoms with Crippen LogP contribution >= 0.6 is 0 Å². The van der Waals surface area contributed by atoms with Gasteiger partial charge in [0.15, 0.2) is 11.5 Å². The highest BCUT2D eigenvalue weighted by Gasteiger charge is 2.18. The fraction of sp³-hybridized carbons (Fsp3) is 0.222. The highest BCUT2D eigenvalue weighted by atomic mass is 19.1. The van der Waals surface area contributed by atoms with Crippen LogP contribution in [0.25, 0.3) is 0 Å². The molecule has 0 saturated carbocycles. The number of hydrogen-bond acceptors (Lipinski definition) is 5. The standard InChI is InChI=1S/C18H18F2N2O5/c1-25-13-7-10(8-14(26-2)17(13)27-3)18(24)21-9-15(23)22-16-11(19)5-4-6-12(16)20/h4-8H,9H2,1-3H3,(H,21,24)(H,22,23). The molecule has 7 nitrogen and oxygen atoms in total. The van der Waals surface area contributed by atoms with Crippen LogP contribution in [0, 0.1) is 11.6 Å². The molecule has 0 unspecified atom stereocenters. The van der Waals surface area contributed by atoms with E-state index in [1.54, 1.807) is 0 Å². The van der Waals surface area contributed by atoms with E-state index in [0.29, 0.717) is 5.75 Å². The Kier molecular flexibility index (Phi) is 6.53. The zero-order valence-electron chi connectivity index (χ0n) is 14.9. The summed E-state index contributed by atoms with van der Waals surface area (Å²) in [5.74, 6) is -2.40. The van der Waals surface area contributed by atoms with Crippen molar-refractivity contribution in [2.24, 2.45) is 0 Å².